The number of nitrogens with zero attached hydrogens (tertiary/aromatic N) is 1. The van der Waals surface area contributed by atoms with Crippen molar-refractivity contribution < 1.29 is 22.7 Å². The second kappa shape index (κ2) is 8.50. The first-order valence-electron chi connectivity index (χ1n) is 6.51. The summed E-state index contributed by atoms with van der Waals surface area (Å²) in [5, 5.41) is 11.0. The summed E-state index contributed by atoms with van der Waals surface area (Å²) < 4.78 is 27.1. The molecule has 1 unspecified atom stereocenters. The predicted molar refractivity (Wildman–Crippen MR) is 83.6 cm³/mol. The van der Waals surface area contributed by atoms with Crippen molar-refractivity contribution in [1.29, 1.82) is 5.26 Å². The van der Waals surface area contributed by atoms with Crippen molar-refractivity contribution in [3.05, 3.63) is 34.9 Å². The lowest BCUT2D eigenvalue weighted by Crippen LogP contribution is -2.43. The number of sulfone groups is 1. The minimum Gasteiger partial charge on any atom is -0.449 e. The highest BCUT2D eigenvalue weighted by Gasteiger charge is 2.25. The summed E-state index contributed by atoms with van der Waals surface area (Å²) in [6, 6.07) is 6.64. The van der Waals surface area contributed by atoms with Crippen LogP contribution >= 0.6 is 11.6 Å². The highest BCUT2D eigenvalue weighted by atomic mass is 35.5. The van der Waals surface area contributed by atoms with Crippen LogP contribution in [0, 0.1) is 11.3 Å². The van der Waals surface area contributed by atoms with Gasteiger partial charge < -0.3 is 10.1 Å². The molecule has 0 fully saturated rings. The minimum absolute atomic E-state index is 0.145. The van der Waals surface area contributed by atoms with Crippen LogP contribution in [0.4, 0.5) is 0 Å². The maximum Gasteiger partial charge on any atom is 0.329 e. The van der Waals surface area contributed by atoms with Gasteiger partial charge in [0.1, 0.15) is 21.9 Å². The number of hydrogen-bond acceptors (Lipinski definition) is 6. The lowest BCUT2D eigenvalue weighted by molar-refractivity contribution is -0.144. The number of rotatable bonds is 7. The van der Waals surface area contributed by atoms with E-state index in [1.54, 1.807) is 18.2 Å². The van der Waals surface area contributed by atoms with Gasteiger partial charge in [0.25, 0.3) is 5.91 Å². The van der Waals surface area contributed by atoms with E-state index in [4.69, 9.17) is 16.9 Å². The highest BCUT2D eigenvalue weighted by Crippen LogP contribution is 2.15. The first-order chi connectivity index (χ1) is 10.7. The van der Waals surface area contributed by atoms with Crippen molar-refractivity contribution in [2.24, 2.45) is 0 Å². The van der Waals surface area contributed by atoms with Gasteiger partial charge in [0.2, 0.25) is 0 Å². The molecule has 23 heavy (non-hydrogen) atoms. The van der Waals surface area contributed by atoms with Gasteiger partial charge in [-0.05, 0) is 18.6 Å². The Morgan fingerprint density at radius 1 is 1.39 bits per heavy atom. The van der Waals surface area contributed by atoms with Crippen molar-refractivity contribution in [2.45, 2.75) is 12.5 Å². The number of hydrogen-bond donors (Lipinski definition) is 1. The lowest BCUT2D eigenvalue weighted by Gasteiger charge is -2.17. The summed E-state index contributed by atoms with van der Waals surface area (Å²) in [7, 11) is -3.33. The highest BCUT2D eigenvalue weighted by molar-refractivity contribution is 7.90. The summed E-state index contributed by atoms with van der Waals surface area (Å²) in [5.41, 5.74) is 0.145. The first-order valence-corrected chi connectivity index (χ1v) is 8.95. The van der Waals surface area contributed by atoms with Crippen LogP contribution in [0.5, 0.6) is 0 Å². The predicted octanol–water partition coefficient (Wildman–Crippen LogP) is 0.940. The number of ether oxygens (including phenoxy) is 1. The average molecular weight is 359 g/mol. The first kappa shape index (κ1) is 18.9. The molecule has 1 amide bonds. The van der Waals surface area contributed by atoms with Crippen molar-refractivity contribution in [3.63, 3.8) is 0 Å². The van der Waals surface area contributed by atoms with Crippen LogP contribution in [-0.4, -0.2) is 45.0 Å². The van der Waals surface area contributed by atoms with Crippen molar-refractivity contribution >= 4 is 33.3 Å². The van der Waals surface area contributed by atoms with Crippen LogP contribution in [-0.2, 0) is 19.4 Å². The van der Waals surface area contributed by atoms with Gasteiger partial charge in [-0.1, -0.05) is 23.7 Å². The number of halogens is 1. The lowest BCUT2D eigenvalue weighted by atomic mass is 10.1. The van der Waals surface area contributed by atoms with Crippen molar-refractivity contribution in [1.82, 2.24) is 5.32 Å². The molecule has 0 aromatic heterocycles. The molecule has 0 aliphatic carbocycles. The molecule has 1 aromatic carbocycles. The topological polar surface area (TPSA) is 113 Å². The zero-order chi connectivity index (χ0) is 17.5. The van der Waals surface area contributed by atoms with Gasteiger partial charge in [-0.25, -0.2) is 13.2 Å². The van der Waals surface area contributed by atoms with E-state index in [2.05, 4.69) is 10.1 Å². The standard InChI is InChI=1S/C14H15ClN2O5S/c1-23(20,21)9-6-12(14(19)22-8-7-16)17-13(18)10-4-2-3-5-11(10)15/h2-5,12H,6,8-9H2,1H3,(H,17,18). The third-order valence-electron chi connectivity index (χ3n) is 2.76. The molecule has 1 rings (SSSR count). The third-order valence-corrected chi connectivity index (χ3v) is 4.07. The number of amides is 1. The van der Waals surface area contributed by atoms with Crippen LogP contribution in [0.25, 0.3) is 0 Å². The Morgan fingerprint density at radius 3 is 2.61 bits per heavy atom. The van der Waals surface area contributed by atoms with Crippen LogP contribution in [0.15, 0.2) is 24.3 Å². The maximum atomic E-state index is 12.2. The van der Waals surface area contributed by atoms with Gasteiger partial charge in [-0.15, -0.1) is 0 Å². The summed E-state index contributed by atoms with van der Waals surface area (Å²) >= 11 is 5.90. The van der Waals surface area contributed by atoms with E-state index in [0.717, 1.165) is 6.26 Å². The molecular weight excluding hydrogens is 344 g/mol. The molecule has 7 nitrogen and oxygen atoms in total. The number of carbonyl (C=O) groups excluding carboxylic acids is 2. The van der Waals surface area contributed by atoms with E-state index in [0.29, 0.717) is 0 Å². The molecule has 1 atom stereocenters. The smallest absolute Gasteiger partial charge is 0.329 e. The Labute approximate surface area is 139 Å². The molecule has 1 N–H and O–H groups in total. The van der Waals surface area contributed by atoms with Gasteiger partial charge in [-0.2, -0.15) is 5.26 Å². The minimum atomic E-state index is -3.33. The zero-order valence-electron chi connectivity index (χ0n) is 12.3. The zero-order valence-corrected chi connectivity index (χ0v) is 13.9. The fraction of sp³-hybridized carbons (Fsp3) is 0.357. The summed E-state index contributed by atoms with van der Waals surface area (Å²) in [6.45, 7) is -0.490. The van der Waals surface area contributed by atoms with Gasteiger partial charge in [-0.3, -0.25) is 4.79 Å². The molecule has 9 heteroatoms. The molecule has 0 bridgehead atoms. The SMILES string of the molecule is CS(=O)(=O)CCC(NC(=O)c1ccccc1Cl)C(=O)OCC#N. The van der Waals surface area contributed by atoms with Crippen LogP contribution in [0.3, 0.4) is 0 Å². The van der Waals surface area contributed by atoms with Gasteiger partial charge in [0.05, 0.1) is 16.3 Å². The second-order valence-corrected chi connectivity index (χ2v) is 7.36. The number of carbonyl (C=O) groups is 2. The van der Waals surface area contributed by atoms with Gasteiger partial charge in [0, 0.05) is 6.26 Å². The Bertz CT molecular complexity index is 727. The average Bonchev–Trinajstić information content (AvgIpc) is 2.48. The number of nitriles is 1. The maximum absolute atomic E-state index is 12.2. The number of benzene rings is 1. The number of esters is 1. The van der Waals surface area contributed by atoms with E-state index in [1.807, 2.05) is 0 Å². The number of nitrogens with one attached hydrogen (secondary N) is 1. The van der Waals surface area contributed by atoms with Crippen LogP contribution in [0.2, 0.25) is 5.02 Å². The normalized spacial score (nSPS) is 12.0. The van der Waals surface area contributed by atoms with E-state index >= 15 is 0 Å². The van der Waals surface area contributed by atoms with Crippen molar-refractivity contribution in [3.8, 4) is 6.07 Å². The Kier molecular flexibility index (Phi) is 7.00. The van der Waals surface area contributed by atoms with E-state index in [-0.39, 0.29) is 22.8 Å². The molecule has 1 aromatic rings. The largest absolute Gasteiger partial charge is 0.449 e. The molecule has 0 saturated heterocycles. The van der Waals surface area contributed by atoms with E-state index in [9.17, 15) is 18.0 Å². The molecule has 124 valence electrons. The summed E-state index contributed by atoms with van der Waals surface area (Å²) in [4.78, 5) is 24.0. The van der Waals surface area contributed by atoms with Crippen LogP contribution in [0.1, 0.15) is 16.8 Å². The quantitative estimate of drug-likeness (QED) is 0.725. The van der Waals surface area contributed by atoms with E-state index in [1.165, 1.54) is 12.1 Å². The molecule has 0 spiro atoms. The molecular formula is C14H15ClN2O5S. The summed E-state index contributed by atoms with van der Waals surface area (Å²) in [6.07, 6.45) is 0.847. The summed E-state index contributed by atoms with van der Waals surface area (Å²) in [5.74, 6) is -1.83. The Balaban J connectivity index is 2.87. The van der Waals surface area contributed by atoms with Gasteiger partial charge in [0.15, 0.2) is 6.61 Å². The van der Waals surface area contributed by atoms with Crippen molar-refractivity contribution in [2.75, 3.05) is 18.6 Å². The molecule has 0 heterocycles. The fourth-order valence-corrected chi connectivity index (χ4v) is 2.55. The molecule has 0 aliphatic rings. The molecule has 0 saturated carbocycles. The van der Waals surface area contributed by atoms with Gasteiger partial charge >= 0.3 is 5.97 Å². The van der Waals surface area contributed by atoms with Crippen LogP contribution < -0.4 is 5.32 Å². The third kappa shape index (κ3) is 6.67. The Morgan fingerprint density at radius 2 is 2.04 bits per heavy atom. The monoisotopic (exact) mass is 358 g/mol. The molecule has 0 radical (unpaired) electrons. The Hall–Kier alpha value is -2.11. The fourth-order valence-electron chi connectivity index (χ4n) is 1.67. The second-order valence-electron chi connectivity index (χ2n) is 4.69. The molecule has 0 aliphatic heterocycles. The van der Waals surface area contributed by atoms with E-state index < -0.39 is 34.4 Å².